The fourth-order valence-corrected chi connectivity index (χ4v) is 2.65. The minimum Gasteiger partial charge on any atom is -0.494 e. The zero-order valence-electron chi connectivity index (χ0n) is 12.8. The van der Waals surface area contributed by atoms with E-state index in [1.165, 1.54) is 18.2 Å². The summed E-state index contributed by atoms with van der Waals surface area (Å²) < 4.78 is 23.2. The molecule has 0 saturated heterocycles. The number of aromatic nitrogens is 2. The largest absolute Gasteiger partial charge is 0.494 e. The highest BCUT2D eigenvalue weighted by Gasteiger charge is 2.14. The monoisotopic (exact) mass is 343 g/mol. The van der Waals surface area contributed by atoms with Gasteiger partial charge in [-0.1, -0.05) is 12.1 Å². The number of rotatable bonds is 5. The van der Waals surface area contributed by atoms with Gasteiger partial charge in [0.05, 0.1) is 12.2 Å². The van der Waals surface area contributed by atoms with Gasteiger partial charge in [-0.3, -0.25) is 10.1 Å². The van der Waals surface area contributed by atoms with Crippen LogP contribution in [0.1, 0.15) is 17.3 Å². The van der Waals surface area contributed by atoms with Crippen LogP contribution in [0.3, 0.4) is 0 Å². The Morgan fingerprint density at radius 1 is 1.21 bits per heavy atom. The van der Waals surface area contributed by atoms with Crippen LogP contribution in [0.2, 0.25) is 0 Å². The molecule has 0 spiro atoms. The van der Waals surface area contributed by atoms with Crippen LogP contribution >= 0.6 is 11.5 Å². The summed E-state index contributed by atoms with van der Waals surface area (Å²) in [5.74, 6) is 0.130. The molecule has 5 nitrogen and oxygen atoms in total. The summed E-state index contributed by atoms with van der Waals surface area (Å²) in [5, 5.41) is 2.87. The standard InChI is InChI=1S/C17H14FN3O2S/c1-2-23-12-9-7-11(8-10-12)15-19-17(24-21-15)20-16(22)13-5-3-4-6-14(13)18/h3-10H,2H2,1H3,(H,19,20,21,22). The lowest BCUT2D eigenvalue weighted by Gasteiger charge is -2.03. The Morgan fingerprint density at radius 2 is 1.96 bits per heavy atom. The molecule has 0 fully saturated rings. The van der Waals surface area contributed by atoms with Crippen molar-refractivity contribution in [2.75, 3.05) is 11.9 Å². The number of nitrogens with zero attached hydrogens (tertiary/aromatic N) is 2. The Balaban J connectivity index is 1.73. The molecule has 0 saturated carbocycles. The van der Waals surface area contributed by atoms with E-state index in [4.69, 9.17) is 4.74 Å². The van der Waals surface area contributed by atoms with Crippen molar-refractivity contribution < 1.29 is 13.9 Å². The summed E-state index contributed by atoms with van der Waals surface area (Å²) >= 11 is 1.04. The van der Waals surface area contributed by atoms with E-state index in [-0.39, 0.29) is 5.56 Å². The summed E-state index contributed by atoms with van der Waals surface area (Å²) in [6, 6.07) is 13.1. The first-order valence-electron chi connectivity index (χ1n) is 7.30. The van der Waals surface area contributed by atoms with Gasteiger partial charge in [0.15, 0.2) is 5.82 Å². The molecule has 0 bridgehead atoms. The molecule has 24 heavy (non-hydrogen) atoms. The van der Waals surface area contributed by atoms with Gasteiger partial charge in [-0.05, 0) is 43.3 Å². The highest BCUT2D eigenvalue weighted by atomic mass is 32.1. The van der Waals surface area contributed by atoms with Crippen LogP contribution in [0.4, 0.5) is 9.52 Å². The second-order valence-electron chi connectivity index (χ2n) is 4.81. The SMILES string of the molecule is CCOc1ccc(-c2nsc(NC(=O)c3ccccc3F)n2)cc1. The topological polar surface area (TPSA) is 64.1 Å². The van der Waals surface area contributed by atoms with Crippen LogP contribution in [0.25, 0.3) is 11.4 Å². The molecule has 0 unspecified atom stereocenters. The average molecular weight is 343 g/mol. The number of carbonyl (C=O) groups is 1. The first-order valence-corrected chi connectivity index (χ1v) is 8.07. The predicted molar refractivity (Wildman–Crippen MR) is 90.9 cm³/mol. The van der Waals surface area contributed by atoms with Crippen molar-refractivity contribution in [3.8, 4) is 17.1 Å². The highest BCUT2D eigenvalue weighted by molar-refractivity contribution is 7.10. The predicted octanol–water partition coefficient (Wildman–Crippen LogP) is 4.00. The van der Waals surface area contributed by atoms with Crippen LogP contribution in [0, 0.1) is 5.82 Å². The molecule has 7 heteroatoms. The van der Waals surface area contributed by atoms with E-state index >= 15 is 0 Å². The Labute approximate surface area is 142 Å². The summed E-state index contributed by atoms with van der Waals surface area (Å²) in [6.45, 7) is 2.51. The van der Waals surface area contributed by atoms with Gasteiger partial charge >= 0.3 is 0 Å². The number of carbonyl (C=O) groups excluding carboxylic acids is 1. The third kappa shape index (κ3) is 3.57. The lowest BCUT2D eigenvalue weighted by molar-refractivity contribution is 0.102. The van der Waals surface area contributed by atoms with E-state index in [0.29, 0.717) is 17.6 Å². The van der Waals surface area contributed by atoms with Crippen LogP contribution in [-0.4, -0.2) is 21.9 Å². The van der Waals surface area contributed by atoms with Crippen molar-refractivity contribution in [2.24, 2.45) is 0 Å². The smallest absolute Gasteiger partial charge is 0.260 e. The van der Waals surface area contributed by atoms with Gasteiger partial charge in [-0.15, -0.1) is 0 Å². The number of hydrogen-bond donors (Lipinski definition) is 1. The van der Waals surface area contributed by atoms with Crippen LogP contribution in [0.5, 0.6) is 5.75 Å². The van der Waals surface area contributed by atoms with Crippen molar-refractivity contribution in [2.45, 2.75) is 6.92 Å². The Kier molecular flexibility index (Phi) is 4.81. The number of benzene rings is 2. The van der Waals surface area contributed by atoms with Gasteiger partial charge < -0.3 is 4.74 Å². The minimum absolute atomic E-state index is 0.0321. The molecule has 3 rings (SSSR count). The van der Waals surface area contributed by atoms with Crippen molar-refractivity contribution in [1.82, 2.24) is 9.36 Å². The van der Waals surface area contributed by atoms with E-state index in [1.807, 2.05) is 31.2 Å². The molecule has 0 radical (unpaired) electrons. The average Bonchev–Trinajstić information content (AvgIpc) is 3.04. The van der Waals surface area contributed by atoms with Gasteiger partial charge in [0.1, 0.15) is 11.6 Å². The molecule has 0 atom stereocenters. The molecule has 1 amide bonds. The molecule has 1 N–H and O–H groups in total. The second kappa shape index (κ2) is 7.18. The third-order valence-electron chi connectivity index (χ3n) is 3.19. The van der Waals surface area contributed by atoms with E-state index in [1.54, 1.807) is 6.07 Å². The highest BCUT2D eigenvalue weighted by Crippen LogP contribution is 2.24. The number of nitrogens with one attached hydrogen (secondary N) is 1. The normalized spacial score (nSPS) is 10.4. The first-order chi connectivity index (χ1) is 11.7. The van der Waals surface area contributed by atoms with Gasteiger partial charge in [0, 0.05) is 17.1 Å². The number of hydrogen-bond acceptors (Lipinski definition) is 5. The van der Waals surface area contributed by atoms with Crippen LogP contribution in [0.15, 0.2) is 48.5 Å². The number of anilines is 1. The molecule has 3 aromatic rings. The second-order valence-corrected chi connectivity index (χ2v) is 5.57. The Hall–Kier alpha value is -2.80. The summed E-state index contributed by atoms with van der Waals surface area (Å²) in [6.07, 6.45) is 0. The summed E-state index contributed by atoms with van der Waals surface area (Å²) in [5.41, 5.74) is 0.774. The van der Waals surface area contributed by atoms with Gasteiger partial charge in [-0.2, -0.15) is 9.36 Å². The zero-order valence-corrected chi connectivity index (χ0v) is 13.6. The van der Waals surface area contributed by atoms with Gasteiger partial charge in [0.2, 0.25) is 5.13 Å². The number of amides is 1. The lowest BCUT2D eigenvalue weighted by Crippen LogP contribution is -2.13. The maximum Gasteiger partial charge on any atom is 0.260 e. The lowest BCUT2D eigenvalue weighted by atomic mass is 10.2. The molecular formula is C17H14FN3O2S. The summed E-state index contributed by atoms with van der Waals surface area (Å²) in [4.78, 5) is 16.3. The molecule has 122 valence electrons. The number of ether oxygens (including phenoxy) is 1. The molecule has 0 aliphatic rings. The Morgan fingerprint density at radius 3 is 2.67 bits per heavy atom. The number of halogens is 1. The zero-order chi connectivity index (χ0) is 16.9. The summed E-state index contributed by atoms with van der Waals surface area (Å²) in [7, 11) is 0. The van der Waals surface area contributed by atoms with Crippen molar-refractivity contribution in [3.05, 3.63) is 59.9 Å². The fourth-order valence-electron chi connectivity index (χ4n) is 2.07. The van der Waals surface area contributed by atoms with Gasteiger partial charge in [-0.25, -0.2) is 4.39 Å². The fraction of sp³-hybridized carbons (Fsp3) is 0.118. The maximum absolute atomic E-state index is 13.6. The Bertz CT molecular complexity index is 849. The molecule has 2 aromatic carbocycles. The quantitative estimate of drug-likeness (QED) is 0.761. The first kappa shape index (κ1) is 16.1. The van der Waals surface area contributed by atoms with E-state index in [0.717, 1.165) is 22.8 Å². The van der Waals surface area contributed by atoms with Crippen LogP contribution < -0.4 is 10.1 Å². The van der Waals surface area contributed by atoms with E-state index < -0.39 is 11.7 Å². The minimum atomic E-state index is -0.578. The molecular weight excluding hydrogens is 329 g/mol. The van der Waals surface area contributed by atoms with E-state index in [2.05, 4.69) is 14.7 Å². The van der Waals surface area contributed by atoms with Crippen molar-refractivity contribution in [3.63, 3.8) is 0 Å². The molecule has 1 heterocycles. The van der Waals surface area contributed by atoms with Crippen molar-refractivity contribution >= 4 is 22.6 Å². The van der Waals surface area contributed by atoms with Gasteiger partial charge in [0.25, 0.3) is 5.91 Å². The molecule has 0 aliphatic carbocycles. The van der Waals surface area contributed by atoms with Crippen LogP contribution in [-0.2, 0) is 0 Å². The molecule has 0 aliphatic heterocycles. The van der Waals surface area contributed by atoms with E-state index in [9.17, 15) is 9.18 Å². The third-order valence-corrected chi connectivity index (χ3v) is 3.82. The maximum atomic E-state index is 13.6. The van der Waals surface area contributed by atoms with Crippen molar-refractivity contribution in [1.29, 1.82) is 0 Å². The molecule has 1 aromatic heterocycles.